The maximum atomic E-state index is 14.9. The van der Waals surface area contributed by atoms with Gasteiger partial charge in [-0.25, -0.2) is 4.79 Å². The van der Waals surface area contributed by atoms with Crippen LogP contribution in [-0.2, 0) is 14.4 Å². The molecule has 0 bridgehead atoms. The van der Waals surface area contributed by atoms with Gasteiger partial charge in [0.1, 0.15) is 22.7 Å². The van der Waals surface area contributed by atoms with Crippen molar-refractivity contribution >= 4 is 23.6 Å². The minimum absolute atomic E-state index is 0.0641. The van der Waals surface area contributed by atoms with Crippen LogP contribution in [0.3, 0.4) is 0 Å². The van der Waals surface area contributed by atoms with E-state index in [4.69, 9.17) is 0 Å². The third-order valence-corrected chi connectivity index (χ3v) is 15.1. The minimum atomic E-state index is -1.74. The zero-order valence-corrected chi connectivity index (χ0v) is 30.1. The predicted octanol–water partition coefficient (Wildman–Crippen LogP) is 6.51. The fourth-order valence-corrected chi connectivity index (χ4v) is 12.5. The van der Waals surface area contributed by atoms with Crippen molar-refractivity contribution in [3.8, 4) is 0 Å². The molecular formula is C42H52O8. The Kier molecular flexibility index (Phi) is 7.61. The van der Waals surface area contributed by atoms with Gasteiger partial charge in [0.25, 0.3) is 0 Å². The number of carboxylic acid groups (broad SMARTS) is 1. The molecule has 0 amide bonds. The molecule has 5 N–H and O–H groups in total. The summed E-state index contributed by atoms with van der Waals surface area (Å²) in [7, 11) is 0. The molecule has 8 heteroatoms. The number of rotatable bonds is 6. The summed E-state index contributed by atoms with van der Waals surface area (Å²) in [6.07, 6.45) is 9.45. The van der Waals surface area contributed by atoms with Crippen LogP contribution in [0.15, 0.2) is 71.0 Å². The number of hydrogen-bond acceptors (Lipinski definition) is 7. The molecule has 2 saturated carbocycles. The molecule has 0 aromatic heterocycles. The highest BCUT2D eigenvalue weighted by molar-refractivity contribution is 6.02. The summed E-state index contributed by atoms with van der Waals surface area (Å²) in [6, 6.07) is 9.80. The van der Waals surface area contributed by atoms with Gasteiger partial charge in [-0.15, -0.1) is 0 Å². The van der Waals surface area contributed by atoms with Crippen molar-refractivity contribution in [3.63, 3.8) is 0 Å². The second kappa shape index (κ2) is 10.8. The zero-order valence-electron chi connectivity index (χ0n) is 30.1. The smallest absolute Gasteiger partial charge is 0.335 e. The van der Waals surface area contributed by atoms with Gasteiger partial charge in [-0.1, -0.05) is 90.1 Å². The maximum Gasteiger partial charge on any atom is 0.335 e. The highest BCUT2D eigenvalue weighted by Gasteiger charge is 2.78. The van der Waals surface area contributed by atoms with Crippen molar-refractivity contribution in [2.75, 3.05) is 0 Å². The van der Waals surface area contributed by atoms with E-state index in [1.54, 1.807) is 12.2 Å². The lowest BCUT2D eigenvalue weighted by atomic mass is 9.36. The lowest BCUT2D eigenvalue weighted by Crippen LogP contribution is -2.69. The van der Waals surface area contributed by atoms with Crippen LogP contribution in [0.25, 0.3) is 6.08 Å². The van der Waals surface area contributed by atoms with E-state index < -0.39 is 62.0 Å². The number of hydrogen-bond donors (Lipinski definition) is 5. The standard InChI is InChI=1S/C42H52O8/c1-24(21-40(48)17-10-13-26(34(40)45)35(46)47)28-22-41(49)19-20-42(50)27(15-14-25-11-8-7-9-12-25)32-36(2,3)30(44)16-18-37(32,4)31-29(43)23-38(28,5)39(41,6)33(31)42/h7-9,11-12,14-15,19-20,24,27-28,32,45,48-50H,10,13,16-18,21-23H2,1-6H3,(H,46,47)/b15-14+/t24-,27+,28-,32-,37-,38-,39+,40+,41+,42-/m1/s1. The van der Waals surface area contributed by atoms with Crippen molar-refractivity contribution in [1.29, 1.82) is 0 Å². The van der Waals surface area contributed by atoms with Gasteiger partial charge in [0, 0.05) is 40.6 Å². The van der Waals surface area contributed by atoms with Crippen LogP contribution >= 0.6 is 0 Å². The normalized spacial score (nSPS) is 44.0. The van der Waals surface area contributed by atoms with Crippen LogP contribution in [0, 0.1) is 45.3 Å². The van der Waals surface area contributed by atoms with Crippen LogP contribution in [0.1, 0.15) is 98.5 Å². The van der Waals surface area contributed by atoms with E-state index in [9.17, 15) is 39.9 Å². The van der Waals surface area contributed by atoms with Crippen molar-refractivity contribution < 1.29 is 39.9 Å². The van der Waals surface area contributed by atoms with Gasteiger partial charge in [0.2, 0.25) is 0 Å². The Balaban J connectivity index is 1.41. The molecule has 268 valence electrons. The second-order valence-corrected chi connectivity index (χ2v) is 17.8. The molecule has 2 fully saturated rings. The Morgan fingerprint density at radius 3 is 2.32 bits per heavy atom. The highest BCUT2D eigenvalue weighted by atomic mass is 16.4. The van der Waals surface area contributed by atoms with E-state index in [1.807, 2.05) is 77.1 Å². The lowest BCUT2D eigenvalue weighted by molar-refractivity contribution is -0.161. The largest absolute Gasteiger partial charge is 0.509 e. The van der Waals surface area contributed by atoms with Gasteiger partial charge in [-0.05, 0) is 78.9 Å². The summed E-state index contributed by atoms with van der Waals surface area (Å²) in [6.45, 7) is 11.9. The molecule has 7 rings (SSSR count). The average molecular weight is 685 g/mol. The minimum Gasteiger partial charge on any atom is -0.509 e. The number of aliphatic carboxylic acids is 1. The monoisotopic (exact) mass is 684 g/mol. The fourth-order valence-electron chi connectivity index (χ4n) is 12.5. The number of carbonyl (C=O) groups is 3. The predicted molar refractivity (Wildman–Crippen MR) is 188 cm³/mol. The van der Waals surface area contributed by atoms with Crippen molar-refractivity contribution in [2.45, 2.75) is 110 Å². The Labute approximate surface area is 294 Å². The second-order valence-electron chi connectivity index (χ2n) is 17.8. The molecule has 0 heterocycles. The quantitative estimate of drug-likeness (QED) is 0.213. The van der Waals surface area contributed by atoms with E-state index >= 15 is 0 Å². The topological polar surface area (TPSA) is 152 Å². The van der Waals surface area contributed by atoms with Crippen LogP contribution in [0.4, 0.5) is 0 Å². The molecule has 10 atom stereocenters. The third kappa shape index (κ3) is 4.31. The third-order valence-electron chi connectivity index (χ3n) is 15.1. The molecule has 1 aromatic rings. The molecule has 50 heavy (non-hydrogen) atoms. The fraction of sp³-hybridized carbons (Fsp3) is 0.595. The number of aliphatic hydroxyl groups is 4. The molecule has 8 nitrogen and oxygen atoms in total. The van der Waals surface area contributed by atoms with E-state index in [-0.39, 0.29) is 61.1 Å². The molecule has 0 unspecified atom stereocenters. The molecule has 6 aliphatic rings. The van der Waals surface area contributed by atoms with Gasteiger partial charge in [-0.3, -0.25) is 9.59 Å². The van der Waals surface area contributed by atoms with Gasteiger partial charge in [0.15, 0.2) is 5.78 Å². The first-order valence-corrected chi connectivity index (χ1v) is 18.3. The first-order chi connectivity index (χ1) is 23.2. The number of ketones is 2. The Morgan fingerprint density at radius 1 is 0.980 bits per heavy atom. The summed E-state index contributed by atoms with van der Waals surface area (Å²) in [5, 5.41) is 58.6. The molecule has 0 saturated heterocycles. The Bertz CT molecular complexity index is 1800. The summed E-state index contributed by atoms with van der Waals surface area (Å²) in [4.78, 5) is 40.5. The number of allylic oxidation sites excluding steroid dienone is 1. The number of fused-ring (bicyclic) bond motifs is 2. The Hall–Kier alpha value is -3.33. The van der Waals surface area contributed by atoms with Crippen molar-refractivity contribution in [3.05, 3.63) is 76.6 Å². The van der Waals surface area contributed by atoms with Crippen LogP contribution in [0.2, 0.25) is 0 Å². The highest BCUT2D eigenvalue weighted by Crippen LogP contribution is 2.78. The molecule has 6 aliphatic carbocycles. The molecular weight excluding hydrogens is 632 g/mol. The summed E-state index contributed by atoms with van der Waals surface area (Å²) < 4.78 is 0. The number of aliphatic hydroxyl groups excluding tert-OH is 1. The molecule has 0 aliphatic heterocycles. The summed E-state index contributed by atoms with van der Waals surface area (Å²) in [5.74, 6) is -3.37. The van der Waals surface area contributed by atoms with E-state index in [1.165, 1.54) is 0 Å². The number of carboxylic acids is 1. The number of Topliss-reactive ketones (excluding diaryl/α,β-unsaturated/α-hetero) is 2. The van der Waals surface area contributed by atoms with Crippen LogP contribution < -0.4 is 0 Å². The summed E-state index contributed by atoms with van der Waals surface area (Å²) >= 11 is 0. The van der Waals surface area contributed by atoms with Gasteiger partial charge >= 0.3 is 5.97 Å². The van der Waals surface area contributed by atoms with E-state index in [0.717, 1.165) is 5.56 Å². The summed E-state index contributed by atoms with van der Waals surface area (Å²) in [5.41, 5.74) is -6.51. The van der Waals surface area contributed by atoms with E-state index in [0.29, 0.717) is 30.4 Å². The SMILES string of the molecule is C[C@H](C[C@@]1(O)CCCC(C(=O)O)=C1O)[C@H]1C[C@@]2(O)C=C[C@]3(O)C4=C(C(=O)C[C@@]1(C)[C@]42C)[C@@]1(C)CCC(=O)C(C)(C)[C@H]1[C@@H]3/C=C/c1ccccc1. The van der Waals surface area contributed by atoms with Gasteiger partial charge in [-0.2, -0.15) is 0 Å². The molecule has 0 radical (unpaired) electrons. The van der Waals surface area contributed by atoms with Crippen molar-refractivity contribution in [1.82, 2.24) is 0 Å². The Morgan fingerprint density at radius 2 is 1.66 bits per heavy atom. The molecule has 0 spiro atoms. The first-order valence-electron chi connectivity index (χ1n) is 18.3. The first kappa shape index (κ1) is 35.1. The number of benzene rings is 1. The average Bonchev–Trinajstić information content (AvgIpc) is 3.23. The van der Waals surface area contributed by atoms with E-state index in [2.05, 4.69) is 6.92 Å². The van der Waals surface area contributed by atoms with Crippen LogP contribution in [-0.4, -0.2) is 59.9 Å². The van der Waals surface area contributed by atoms with Crippen molar-refractivity contribution in [2.24, 2.45) is 45.3 Å². The zero-order chi connectivity index (χ0) is 36.4. The van der Waals surface area contributed by atoms with Gasteiger partial charge < -0.3 is 25.5 Å². The maximum absolute atomic E-state index is 14.9. The molecule has 1 aromatic carbocycles. The lowest BCUT2D eigenvalue weighted by Gasteiger charge is -2.68. The van der Waals surface area contributed by atoms with Gasteiger partial charge in [0.05, 0.1) is 11.2 Å². The number of carbonyl (C=O) groups excluding carboxylic acids is 2. The van der Waals surface area contributed by atoms with Crippen LogP contribution in [0.5, 0.6) is 0 Å².